The van der Waals surface area contributed by atoms with Gasteiger partial charge in [-0.1, -0.05) is 6.07 Å². The molecule has 3 N–H and O–H groups in total. The number of nitrogens with two attached hydrogens (primary N) is 1. The van der Waals surface area contributed by atoms with Crippen LogP contribution < -0.4 is 5.73 Å². The summed E-state index contributed by atoms with van der Waals surface area (Å²) < 4.78 is 27.2. The number of H-pyrrole nitrogens is 1. The van der Waals surface area contributed by atoms with Gasteiger partial charge in [0, 0.05) is 37.6 Å². The topological polar surface area (TPSA) is 112 Å². The molecule has 1 saturated heterocycles. The summed E-state index contributed by atoms with van der Waals surface area (Å²) in [5, 5.41) is 0. The van der Waals surface area contributed by atoms with Crippen molar-refractivity contribution < 1.29 is 13.2 Å². The molecular formula is C15H19N5O3S. The average molecular weight is 349 g/mol. The molecule has 2 heterocycles. The van der Waals surface area contributed by atoms with Crippen LogP contribution in [0.25, 0.3) is 0 Å². The minimum absolute atomic E-state index is 0.0709. The van der Waals surface area contributed by atoms with Crippen LogP contribution in [0.4, 0.5) is 0 Å². The standard InChI is InChI=1S/C15H19N5O3S/c1-19-7-8-20(10-13(19)15-17-5-6-18-15)24(22,23)12-4-2-3-11(9-12)14(16)21/h2-6,9,13H,7-8,10H2,1H3,(H2,16,21)(H,17,18). The quantitative estimate of drug-likeness (QED) is 0.818. The number of likely N-dealkylation sites (N-methyl/N-ethyl adjacent to an activating group) is 1. The number of primary amides is 1. The van der Waals surface area contributed by atoms with Gasteiger partial charge in [-0.05, 0) is 25.2 Å². The maximum atomic E-state index is 12.9. The number of carbonyl (C=O) groups excluding carboxylic acids is 1. The van der Waals surface area contributed by atoms with Crippen LogP contribution in [0.1, 0.15) is 22.2 Å². The predicted octanol–water partition coefficient (Wildman–Crippen LogP) is 0.186. The number of nitrogens with one attached hydrogen (secondary N) is 1. The van der Waals surface area contributed by atoms with Crippen molar-refractivity contribution in [3.05, 3.63) is 48.0 Å². The van der Waals surface area contributed by atoms with Crippen molar-refractivity contribution in [2.75, 3.05) is 26.7 Å². The van der Waals surface area contributed by atoms with Gasteiger partial charge in [0.1, 0.15) is 5.82 Å². The second kappa shape index (κ2) is 6.34. The van der Waals surface area contributed by atoms with Gasteiger partial charge in [0.2, 0.25) is 15.9 Å². The molecule has 1 fully saturated rings. The summed E-state index contributed by atoms with van der Waals surface area (Å²) in [4.78, 5) is 20.7. The Hall–Kier alpha value is -2.23. The largest absolute Gasteiger partial charge is 0.366 e. The van der Waals surface area contributed by atoms with Crippen LogP contribution in [-0.4, -0.2) is 60.2 Å². The number of piperazine rings is 1. The molecule has 0 aliphatic carbocycles. The van der Waals surface area contributed by atoms with Crippen LogP contribution in [0.5, 0.6) is 0 Å². The Morgan fingerprint density at radius 2 is 2.17 bits per heavy atom. The highest BCUT2D eigenvalue weighted by Gasteiger charge is 2.34. The van der Waals surface area contributed by atoms with E-state index in [1.54, 1.807) is 12.4 Å². The molecule has 24 heavy (non-hydrogen) atoms. The normalized spacial score (nSPS) is 20.1. The molecule has 3 rings (SSSR count). The third kappa shape index (κ3) is 3.05. The zero-order valence-corrected chi connectivity index (χ0v) is 14.0. The van der Waals surface area contributed by atoms with Crippen LogP contribution in [0.2, 0.25) is 0 Å². The summed E-state index contributed by atoms with van der Waals surface area (Å²) in [6, 6.07) is 5.66. The molecular weight excluding hydrogens is 330 g/mol. The summed E-state index contributed by atoms with van der Waals surface area (Å²) in [6.07, 6.45) is 3.36. The number of hydrogen-bond donors (Lipinski definition) is 2. The number of carbonyl (C=O) groups is 1. The van der Waals surface area contributed by atoms with Crippen molar-refractivity contribution in [1.29, 1.82) is 0 Å². The molecule has 2 aromatic rings. The molecule has 0 radical (unpaired) electrons. The summed E-state index contributed by atoms with van der Waals surface area (Å²) in [5.74, 6) is 0.0715. The lowest BCUT2D eigenvalue weighted by Gasteiger charge is -2.37. The van der Waals surface area contributed by atoms with Crippen molar-refractivity contribution in [3.8, 4) is 0 Å². The molecule has 0 spiro atoms. The van der Waals surface area contributed by atoms with Gasteiger partial charge in [0.25, 0.3) is 0 Å². The highest BCUT2D eigenvalue weighted by molar-refractivity contribution is 7.89. The highest BCUT2D eigenvalue weighted by Crippen LogP contribution is 2.26. The van der Waals surface area contributed by atoms with Gasteiger partial charge in [-0.2, -0.15) is 4.31 Å². The fourth-order valence-electron chi connectivity index (χ4n) is 2.78. The zero-order chi connectivity index (χ0) is 17.3. The number of hydrogen-bond acceptors (Lipinski definition) is 5. The predicted molar refractivity (Wildman–Crippen MR) is 87.7 cm³/mol. The lowest BCUT2D eigenvalue weighted by Crippen LogP contribution is -2.49. The van der Waals surface area contributed by atoms with Crippen molar-refractivity contribution in [2.45, 2.75) is 10.9 Å². The first kappa shape index (κ1) is 16.6. The number of aromatic amines is 1. The zero-order valence-electron chi connectivity index (χ0n) is 13.2. The SMILES string of the molecule is CN1CCN(S(=O)(=O)c2cccc(C(N)=O)c2)CC1c1ncc[nH]1. The molecule has 0 bridgehead atoms. The van der Waals surface area contributed by atoms with E-state index in [9.17, 15) is 13.2 Å². The first-order valence-electron chi connectivity index (χ1n) is 7.49. The molecule has 1 aliphatic rings. The van der Waals surface area contributed by atoms with E-state index in [2.05, 4.69) is 14.9 Å². The number of nitrogens with zero attached hydrogens (tertiary/aromatic N) is 3. The number of aromatic nitrogens is 2. The molecule has 1 aromatic carbocycles. The van der Waals surface area contributed by atoms with Crippen LogP contribution >= 0.6 is 0 Å². The Balaban J connectivity index is 1.90. The molecule has 0 saturated carbocycles. The van der Waals surface area contributed by atoms with Crippen molar-refractivity contribution in [2.24, 2.45) is 5.73 Å². The third-order valence-corrected chi connectivity index (χ3v) is 6.06. The fraction of sp³-hybridized carbons (Fsp3) is 0.333. The molecule has 1 aliphatic heterocycles. The first-order valence-corrected chi connectivity index (χ1v) is 8.93. The molecule has 128 valence electrons. The van der Waals surface area contributed by atoms with E-state index in [-0.39, 0.29) is 23.0 Å². The van der Waals surface area contributed by atoms with Crippen molar-refractivity contribution in [1.82, 2.24) is 19.2 Å². The Morgan fingerprint density at radius 1 is 1.38 bits per heavy atom. The van der Waals surface area contributed by atoms with Gasteiger partial charge in [-0.15, -0.1) is 0 Å². The fourth-order valence-corrected chi connectivity index (χ4v) is 4.26. The Kier molecular flexibility index (Phi) is 4.39. The van der Waals surface area contributed by atoms with E-state index in [0.717, 1.165) is 5.82 Å². The van der Waals surface area contributed by atoms with Crippen molar-refractivity contribution >= 4 is 15.9 Å². The number of imidazole rings is 1. The molecule has 1 atom stereocenters. The van der Waals surface area contributed by atoms with E-state index < -0.39 is 15.9 Å². The summed E-state index contributed by atoms with van der Waals surface area (Å²) >= 11 is 0. The second-order valence-electron chi connectivity index (χ2n) is 5.73. The highest BCUT2D eigenvalue weighted by atomic mass is 32.2. The van der Waals surface area contributed by atoms with Crippen LogP contribution in [0.3, 0.4) is 0 Å². The van der Waals surface area contributed by atoms with Crippen molar-refractivity contribution in [3.63, 3.8) is 0 Å². The smallest absolute Gasteiger partial charge is 0.248 e. The van der Waals surface area contributed by atoms with Gasteiger partial charge in [0.05, 0.1) is 10.9 Å². The number of sulfonamides is 1. The molecule has 1 amide bonds. The van der Waals surface area contributed by atoms with Gasteiger partial charge in [0.15, 0.2) is 0 Å². The second-order valence-corrected chi connectivity index (χ2v) is 7.66. The monoisotopic (exact) mass is 349 g/mol. The van der Waals surface area contributed by atoms with Crippen LogP contribution in [0, 0.1) is 0 Å². The van der Waals surface area contributed by atoms with Crippen LogP contribution in [0.15, 0.2) is 41.6 Å². The first-order chi connectivity index (χ1) is 11.4. The number of rotatable bonds is 4. The minimum atomic E-state index is -3.71. The van der Waals surface area contributed by atoms with E-state index >= 15 is 0 Å². The molecule has 8 nitrogen and oxygen atoms in total. The lowest BCUT2D eigenvalue weighted by molar-refractivity contribution is 0.1000. The summed E-state index contributed by atoms with van der Waals surface area (Å²) in [6.45, 7) is 1.24. The van der Waals surface area contributed by atoms with E-state index in [0.29, 0.717) is 13.1 Å². The third-order valence-electron chi connectivity index (χ3n) is 4.20. The van der Waals surface area contributed by atoms with E-state index in [1.807, 2.05) is 7.05 Å². The average Bonchev–Trinajstić information content (AvgIpc) is 3.09. The Morgan fingerprint density at radius 3 is 2.83 bits per heavy atom. The number of benzene rings is 1. The maximum absolute atomic E-state index is 12.9. The molecule has 1 aromatic heterocycles. The van der Waals surface area contributed by atoms with E-state index in [4.69, 9.17) is 5.73 Å². The number of amides is 1. The molecule has 1 unspecified atom stereocenters. The van der Waals surface area contributed by atoms with Gasteiger partial charge in [-0.3, -0.25) is 9.69 Å². The summed E-state index contributed by atoms with van der Waals surface area (Å²) in [5.41, 5.74) is 5.42. The Labute approximate surface area is 140 Å². The van der Waals surface area contributed by atoms with Gasteiger partial charge in [-0.25, -0.2) is 13.4 Å². The summed E-state index contributed by atoms with van der Waals surface area (Å²) in [7, 11) is -1.77. The minimum Gasteiger partial charge on any atom is -0.366 e. The Bertz CT molecular complexity index is 835. The van der Waals surface area contributed by atoms with Crippen LogP contribution in [-0.2, 0) is 10.0 Å². The van der Waals surface area contributed by atoms with Gasteiger partial charge < -0.3 is 10.7 Å². The van der Waals surface area contributed by atoms with E-state index in [1.165, 1.54) is 28.6 Å². The lowest BCUT2D eigenvalue weighted by atomic mass is 10.2. The van der Waals surface area contributed by atoms with Gasteiger partial charge >= 0.3 is 0 Å². The molecule has 9 heteroatoms. The maximum Gasteiger partial charge on any atom is 0.248 e.